The van der Waals surface area contributed by atoms with Crippen LogP contribution in [0.2, 0.25) is 0 Å². The van der Waals surface area contributed by atoms with Gasteiger partial charge in [-0.05, 0) is 23.8 Å². The number of hydrogen-bond donors (Lipinski definition) is 1. The standard InChI is InChI=1S/C16H13BrN2O2/c17-13-6-3-5-11(8-13)15(20)10-19-16(21)14-7-2-1-4-12(14)9-18-19/h1-9,15,20H,10H2. The van der Waals surface area contributed by atoms with Crippen LogP contribution >= 0.6 is 15.9 Å². The molecule has 106 valence electrons. The summed E-state index contributed by atoms with van der Waals surface area (Å²) < 4.78 is 2.19. The summed E-state index contributed by atoms with van der Waals surface area (Å²) in [5.74, 6) is 0. The predicted molar refractivity (Wildman–Crippen MR) is 85.1 cm³/mol. The monoisotopic (exact) mass is 344 g/mol. The van der Waals surface area contributed by atoms with Gasteiger partial charge in [0.25, 0.3) is 5.56 Å². The molecular weight excluding hydrogens is 332 g/mol. The Kier molecular flexibility index (Phi) is 3.86. The van der Waals surface area contributed by atoms with Gasteiger partial charge < -0.3 is 5.11 Å². The van der Waals surface area contributed by atoms with Gasteiger partial charge >= 0.3 is 0 Å². The summed E-state index contributed by atoms with van der Waals surface area (Å²) in [6, 6.07) is 14.7. The molecule has 4 nitrogen and oxygen atoms in total. The van der Waals surface area contributed by atoms with Gasteiger partial charge in [-0.3, -0.25) is 4.79 Å². The zero-order chi connectivity index (χ0) is 14.8. The van der Waals surface area contributed by atoms with Crippen LogP contribution in [0.5, 0.6) is 0 Å². The van der Waals surface area contributed by atoms with Crippen LogP contribution in [-0.2, 0) is 6.54 Å². The highest BCUT2D eigenvalue weighted by Crippen LogP contribution is 2.19. The molecule has 0 saturated heterocycles. The van der Waals surface area contributed by atoms with Crippen molar-refractivity contribution in [3.05, 3.63) is 75.1 Å². The maximum absolute atomic E-state index is 12.3. The van der Waals surface area contributed by atoms with Crippen LogP contribution in [0, 0.1) is 0 Å². The molecule has 0 spiro atoms. The molecule has 21 heavy (non-hydrogen) atoms. The van der Waals surface area contributed by atoms with Gasteiger partial charge in [-0.2, -0.15) is 5.10 Å². The molecule has 5 heteroatoms. The second-order valence-electron chi connectivity index (χ2n) is 4.79. The van der Waals surface area contributed by atoms with E-state index >= 15 is 0 Å². The van der Waals surface area contributed by atoms with E-state index < -0.39 is 6.10 Å². The number of aromatic nitrogens is 2. The Labute approximate surface area is 129 Å². The van der Waals surface area contributed by atoms with Gasteiger partial charge in [-0.1, -0.05) is 46.3 Å². The number of aliphatic hydroxyl groups is 1. The topological polar surface area (TPSA) is 55.1 Å². The smallest absolute Gasteiger partial charge is 0.274 e. The zero-order valence-electron chi connectivity index (χ0n) is 11.1. The van der Waals surface area contributed by atoms with Gasteiger partial charge in [0.1, 0.15) is 0 Å². The Morgan fingerprint density at radius 1 is 1.19 bits per heavy atom. The van der Waals surface area contributed by atoms with Crippen LogP contribution in [-0.4, -0.2) is 14.9 Å². The number of aliphatic hydroxyl groups excluding tert-OH is 1. The van der Waals surface area contributed by atoms with E-state index in [2.05, 4.69) is 21.0 Å². The molecule has 3 rings (SSSR count). The quantitative estimate of drug-likeness (QED) is 0.794. The summed E-state index contributed by atoms with van der Waals surface area (Å²) in [6.45, 7) is 0.125. The zero-order valence-corrected chi connectivity index (χ0v) is 12.7. The molecule has 1 atom stereocenters. The second kappa shape index (κ2) is 5.79. The molecule has 0 fully saturated rings. The van der Waals surface area contributed by atoms with Gasteiger partial charge in [-0.25, -0.2) is 4.68 Å². The van der Waals surface area contributed by atoms with Crippen LogP contribution in [0.15, 0.2) is 64.0 Å². The minimum absolute atomic E-state index is 0.125. The summed E-state index contributed by atoms with van der Waals surface area (Å²) in [7, 11) is 0. The molecule has 0 radical (unpaired) electrons. The molecule has 0 aliphatic carbocycles. The van der Waals surface area contributed by atoms with E-state index in [0.29, 0.717) is 5.39 Å². The number of benzene rings is 2. The van der Waals surface area contributed by atoms with E-state index in [0.717, 1.165) is 15.4 Å². The summed E-state index contributed by atoms with van der Waals surface area (Å²) in [5, 5.41) is 15.8. The molecule has 0 amide bonds. The van der Waals surface area contributed by atoms with E-state index in [4.69, 9.17) is 0 Å². The van der Waals surface area contributed by atoms with Crippen LogP contribution in [0.3, 0.4) is 0 Å². The number of fused-ring (bicyclic) bond motifs is 1. The Hall–Kier alpha value is -1.98. The second-order valence-corrected chi connectivity index (χ2v) is 5.71. The first kappa shape index (κ1) is 14.0. The largest absolute Gasteiger partial charge is 0.386 e. The van der Waals surface area contributed by atoms with E-state index in [-0.39, 0.29) is 12.1 Å². The van der Waals surface area contributed by atoms with E-state index in [1.807, 2.05) is 42.5 Å². The van der Waals surface area contributed by atoms with Crippen molar-refractivity contribution in [2.75, 3.05) is 0 Å². The number of rotatable bonds is 3. The van der Waals surface area contributed by atoms with Crippen molar-refractivity contribution in [2.24, 2.45) is 0 Å². The van der Waals surface area contributed by atoms with Gasteiger partial charge in [0, 0.05) is 9.86 Å². The molecule has 1 N–H and O–H groups in total. The average Bonchev–Trinajstić information content (AvgIpc) is 2.50. The highest BCUT2D eigenvalue weighted by atomic mass is 79.9. The van der Waals surface area contributed by atoms with Crippen molar-refractivity contribution >= 4 is 26.7 Å². The Balaban J connectivity index is 1.95. The predicted octanol–water partition coefficient (Wildman–Crippen LogP) is 2.89. The van der Waals surface area contributed by atoms with Gasteiger partial charge in [-0.15, -0.1) is 0 Å². The molecule has 1 heterocycles. The van der Waals surface area contributed by atoms with Crippen molar-refractivity contribution in [1.29, 1.82) is 0 Å². The van der Waals surface area contributed by atoms with E-state index in [1.54, 1.807) is 12.3 Å². The third-order valence-electron chi connectivity index (χ3n) is 3.34. The third kappa shape index (κ3) is 2.89. The van der Waals surface area contributed by atoms with E-state index in [9.17, 15) is 9.90 Å². The highest BCUT2D eigenvalue weighted by molar-refractivity contribution is 9.10. The third-order valence-corrected chi connectivity index (χ3v) is 3.83. The summed E-state index contributed by atoms with van der Waals surface area (Å²) >= 11 is 3.37. The summed E-state index contributed by atoms with van der Waals surface area (Å²) in [6.07, 6.45) is 0.860. The normalized spacial score (nSPS) is 12.5. The maximum atomic E-state index is 12.3. The van der Waals surface area contributed by atoms with Crippen LogP contribution in [0.1, 0.15) is 11.7 Å². The highest BCUT2D eigenvalue weighted by Gasteiger charge is 2.11. The lowest BCUT2D eigenvalue weighted by molar-refractivity contribution is 0.149. The van der Waals surface area contributed by atoms with Crippen molar-refractivity contribution in [3.63, 3.8) is 0 Å². The molecule has 0 bridgehead atoms. The Bertz CT molecular complexity index is 845. The van der Waals surface area contributed by atoms with Crippen LogP contribution < -0.4 is 5.56 Å². The van der Waals surface area contributed by atoms with Crippen LogP contribution in [0.25, 0.3) is 10.8 Å². The minimum Gasteiger partial charge on any atom is -0.386 e. The van der Waals surface area contributed by atoms with Gasteiger partial charge in [0.15, 0.2) is 0 Å². The molecule has 1 unspecified atom stereocenters. The average molecular weight is 345 g/mol. The number of halogens is 1. The first-order chi connectivity index (χ1) is 10.1. The Morgan fingerprint density at radius 3 is 2.81 bits per heavy atom. The molecule has 0 aliphatic heterocycles. The molecule has 3 aromatic rings. The number of hydrogen-bond acceptors (Lipinski definition) is 3. The summed E-state index contributed by atoms with van der Waals surface area (Å²) in [5.41, 5.74) is 0.549. The fourth-order valence-electron chi connectivity index (χ4n) is 2.24. The lowest BCUT2D eigenvalue weighted by atomic mass is 10.1. The van der Waals surface area contributed by atoms with Gasteiger partial charge in [0.05, 0.1) is 24.2 Å². The first-order valence-electron chi connectivity index (χ1n) is 6.53. The van der Waals surface area contributed by atoms with Gasteiger partial charge in [0.2, 0.25) is 0 Å². The van der Waals surface area contributed by atoms with Crippen molar-refractivity contribution in [2.45, 2.75) is 12.6 Å². The molecule has 0 saturated carbocycles. The molecule has 0 aliphatic rings. The molecule has 1 aromatic heterocycles. The maximum Gasteiger partial charge on any atom is 0.274 e. The molecule has 2 aromatic carbocycles. The molecular formula is C16H13BrN2O2. The lowest BCUT2D eigenvalue weighted by Crippen LogP contribution is -2.25. The van der Waals surface area contributed by atoms with Crippen molar-refractivity contribution in [1.82, 2.24) is 9.78 Å². The van der Waals surface area contributed by atoms with Crippen molar-refractivity contribution in [3.8, 4) is 0 Å². The van der Waals surface area contributed by atoms with Crippen molar-refractivity contribution < 1.29 is 5.11 Å². The first-order valence-corrected chi connectivity index (χ1v) is 7.33. The van der Waals surface area contributed by atoms with E-state index in [1.165, 1.54) is 4.68 Å². The number of nitrogens with zero attached hydrogens (tertiary/aromatic N) is 2. The Morgan fingerprint density at radius 2 is 2.00 bits per heavy atom. The summed E-state index contributed by atoms with van der Waals surface area (Å²) in [4.78, 5) is 12.3. The fraction of sp³-hybridized carbons (Fsp3) is 0.125. The van der Waals surface area contributed by atoms with Crippen LogP contribution in [0.4, 0.5) is 0 Å². The lowest BCUT2D eigenvalue weighted by Gasteiger charge is -2.13. The SMILES string of the molecule is O=c1c2ccccc2cnn1CC(O)c1cccc(Br)c1. The minimum atomic E-state index is -0.783. The fourth-order valence-corrected chi connectivity index (χ4v) is 2.66.